The van der Waals surface area contributed by atoms with Gasteiger partial charge in [0.2, 0.25) is 11.8 Å². The third-order valence-corrected chi connectivity index (χ3v) is 5.40. The zero-order valence-electron chi connectivity index (χ0n) is 18.3. The van der Waals surface area contributed by atoms with Crippen LogP contribution < -0.4 is 10.6 Å². The van der Waals surface area contributed by atoms with Crippen LogP contribution in [0.1, 0.15) is 35.7 Å². The van der Waals surface area contributed by atoms with Crippen molar-refractivity contribution in [1.29, 1.82) is 0 Å². The molecule has 1 fully saturated rings. The van der Waals surface area contributed by atoms with E-state index in [9.17, 15) is 18.8 Å². The van der Waals surface area contributed by atoms with E-state index in [1.54, 1.807) is 26.1 Å². The molecule has 2 amide bonds. The number of likely N-dealkylation sites (tertiary alicyclic amines) is 1. The van der Waals surface area contributed by atoms with Gasteiger partial charge >= 0.3 is 5.97 Å². The number of nitrogens with zero attached hydrogens (tertiary/aromatic N) is 3. The fourth-order valence-corrected chi connectivity index (χ4v) is 3.61. The van der Waals surface area contributed by atoms with Crippen LogP contribution in [0.4, 0.5) is 10.2 Å². The van der Waals surface area contributed by atoms with E-state index in [2.05, 4.69) is 15.7 Å². The Balaban J connectivity index is 1.44. The molecule has 1 aliphatic rings. The van der Waals surface area contributed by atoms with Crippen molar-refractivity contribution in [2.24, 2.45) is 13.0 Å². The monoisotopic (exact) mass is 445 g/mol. The molecule has 0 saturated carbocycles. The van der Waals surface area contributed by atoms with Crippen LogP contribution in [0.25, 0.3) is 0 Å². The van der Waals surface area contributed by atoms with E-state index in [-0.39, 0.29) is 42.3 Å². The molecule has 1 saturated heterocycles. The predicted molar refractivity (Wildman–Crippen MR) is 115 cm³/mol. The second kappa shape index (κ2) is 10.9. The normalized spacial score (nSPS) is 14.7. The van der Waals surface area contributed by atoms with E-state index in [0.717, 1.165) is 5.56 Å². The number of ether oxygens (including phenoxy) is 1. The third kappa shape index (κ3) is 6.13. The molecule has 2 N–H and O–H groups in total. The largest absolute Gasteiger partial charge is 0.462 e. The number of amides is 2. The Morgan fingerprint density at radius 1 is 1.19 bits per heavy atom. The third-order valence-electron chi connectivity index (χ3n) is 5.40. The molecule has 0 aliphatic carbocycles. The van der Waals surface area contributed by atoms with Crippen LogP contribution in [0, 0.1) is 11.7 Å². The minimum absolute atomic E-state index is 0.0348. The van der Waals surface area contributed by atoms with E-state index in [4.69, 9.17) is 4.74 Å². The van der Waals surface area contributed by atoms with Gasteiger partial charge in [-0.15, -0.1) is 0 Å². The molecule has 1 aromatic heterocycles. The molecule has 0 bridgehead atoms. The average molecular weight is 445 g/mol. The zero-order valence-corrected chi connectivity index (χ0v) is 18.3. The fourth-order valence-electron chi connectivity index (χ4n) is 3.61. The highest BCUT2D eigenvalue weighted by Crippen LogP contribution is 2.19. The maximum absolute atomic E-state index is 13.0. The highest BCUT2D eigenvalue weighted by atomic mass is 19.1. The second-order valence-electron chi connectivity index (χ2n) is 7.69. The number of aryl methyl sites for hydroxylation is 1. The number of aromatic nitrogens is 2. The lowest BCUT2D eigenvalue weighted by atomic mass is 9.96. The van der Waals surface area contributed by atoms with Gasteiger partial charge in [-0.25, -0.2) is 9.18 Å². The summed E-state index contributed by atoms with van der Waals surface area (Å²) in [6, 6.07) is 6.03. The van der Waals surface area contributed by atoms with Gasteiger partial charge in [-0.1, -0.05) is 12.1 Å². The summed E-state index contributed by atoms with van der Waals surface area (Å²) in [6.45, 7) is 3.66. The molecule has 32 heavy (non-hydrogen) atoms. The number of carbonyl (C=O) groups excluding carboxylic acids is 3. The minimum Gasteiger partial charge on any atom is -0.462 e. The second-order valence-corrected chi connectivity index (χ2v) is 7.69. The first-order valence-corrected chi connectivity index (χ1v) is 10.6. The standard InChI is InChI=1S/C22H28FN5O4/c1-3-32-22(31)18-13-25-27(2)20(18)26-19(29)14-28-10-8-16(9-11-28)21(30)24-12-15-4-6-17(23)7-5-15/h4-7,13,16H,3,8-12,14H2,1-2H3,(H,24,30)(H,26,29). The maximum atomic E-state index is 13.0. The van der Waals surface area contributed by atoms with Crippen LogP contribution in [-0.4, -0.2) is 58.7 Å². The Morgan fingerprint density at radius 3 is 2.53 bits per heavy atom. The molecule has 0 spiro atoms. The van der Waals surface area contributed by atoms with Crippen molar-refractivity contribution in [2.75, 3.05) is 31.6 Å². The van der Waals surface area contributed by atoms with Gasteiger partial charge in [-0.2, -0.15) is 5.10 Å². The number of rotatable bonds is 8. The lowest BCUT2D eigenvalue weighted by Gasteiger charge is -2.30. The van der Waals surface area contributed by atoms with Crippen LogP contribution in [0.5, 0.6) is 0 Å². The smallest absolute Gasteiger partial charge is 0.343 e. The molecular weight excluding hydrogens is 417 g/mol. The molecule has 1 aromatic carbocycles. The van der Waals surface area contributed by atoms with E-state index in [0.29, 0.717) is 38.3 Å². The number of esters is 1. The number of anilines is 1. The van der Waals surface area contributed by atoms with Crippen LogP contribution in [0.3, 0.4) is 0 Å². The van der Waals surface area contributed by atoms with Crippen LogP contribution in [-0.2, 0) is 27.9 Å². The van der Waals surface area contributed by atoms with Gasteiger partial charge in [0.1, 0.15) is 17.2 Å². The van der Waals surface area contributed by atoms with Gasteiger partial charge in [0.25, 0.3) is 0 Å². The van der Waals surface area contributed by atoms with Crippen molar-refractivity contribution < 1.29 is 23.5 Å². The van der Waals surface area contributed by atoms with Crippen molar-refractivity contribution in [3.05, 3.63) is 47.4 Å². The van der Waals surface area contributed by atoms with Crippen molar-refractivity contribution in [3.63, 3.8) is 0 Å². The van der Waals surface area contributed by atoms with Gasteiger partial charge in [-0.3, -0.25) is 19.2 Å². The first kappa shape index (κ1) is 23.4. The molecule has 172 valence electrons. The molecule has 0 atom stereocenters. The van der Waals surface area contributed by atoms with E-state index >= 15 is 0 Å². The summed E-state index contributed by atoms with van der Waals surface area (Å²) in [5.41, 5.74) is 1.05. The number of benzene rings is 1. The summed E-state index contributed by atoms with van der Waals surface area (Å²) in [7, 11) is 1.63. The molecule has 10 heteroatoms. The lowest BCUT2D eigenvalue weighted by molar-refractivity contribution is -0.126. The summed E-state index contributed by atoms with van der Waals surface area (Å²) in [5, 5.41) is 9.65. The molecule has 9 nitrogen and oxygen atoms in total. The zero-order chi connectivity index (χ0) is 23.1. The number of hydrogen-bond donors (Lipinski definition) is 2. The molecular formula is C22H28FN5O4. The van der Waals surface area contributed by atoms with Gasteiger partial charge in [0.05, 0.1) is 19.3 Å². The Hall–Kier alpha value is -3.27. The molecule has 2 aromatic rings. The summed E-state index contributed by atoms with van der Waals surface area (Å²) >= 11 is 0. The molecule has 2 heterocycles. The van der Waals surface area contributed by atoms with Crippen molar-refractivity contribution in [1.82, 2.24) is 20.0 Å². The van der Waals surface area contributed by atoms with Crippen molar-refractivity contribution >= 4 is 23.6 Å². The number of hydrogen-bond acceptors (Lipinski definition) is 6. The van der Waals surface area contributed by atoms with Crippen molar-refractivity contribution in [2.45, 2.75) is 26.3 Å². The SMILES string of the molecule is CCOC(=O)c1cnn(C)c1NC(=O)CN1CCC(C(=O)NCc2ccc(F)cc2)CC1. The topological polar surface area (TPSA) is 106 Å². The number of halogens is 1. The summed E-state index contributed by atoms with van der Waals surface area (Å²) in [6.07, 6.45) is 2.65. The van der Waals surface area contributed by atoms with Crippen LogP contribution in [0.15, 0.2) is 30.5 Å². The summed E-state index contributed by atoms with van der Waals surface area (Å²) in [4.78, 5) is 38.9. The van der Waals surface area contributed by atoms with Crippen LogP contribution in [0.2, 0.25) is 0 Å². The van der Waals surface area contributed by atoms with E-state index in [1.165, 1.54) is 23.0 Å². The van der Waals surface area contributed by atoms with Gasteiger partial charge < -0.3 is 15.4 Å². The quantitative estimate of drug-likeness (QED) is 0.600. The Kier molecular flexibility index (Phi) is 7.93. The molecule has 0 unspecified atom stereocenters. The lowest BCUT2D eigenvalue weighted by Crippen LogP contribution is -2.43. The Labute approximate surface area is 185 Å². The van der Waals surface area contributed by atoms with E-state index in [1.807, 2.05) is 4.90 Å². The Bertz CT molecular complexity index is 952. The van der Waals surface area contributed by atoms with Gasteiger partial charge in [0, 0.05) is 19.5 Å². The van der Waals surface area contributed by atoms with Gasteiger partial charge in [-0.05, 0) is 50.6 Å². The molecule has 0 radical (unpaired) electrons. The number of nitrogens with one attached hydrogen (secondary N) is 2. The number of piperidine rings is 1. The molecule has 3 rings (SSSR count). The Morgan fingerprint density at radius 2 is 1.88 bits per heavy atom. The van der Waals surface area contributed by atoms with E-state index < -0.39 is 5.97 Å². The highest BCUT2D eigenvalue weighted by Gasteiger charge is 2.26. The average Bonchev–Trinajstić information content (AvgIpc) is 3.14. The number of carbonyl (C=O) groups is 3. The fraction of sp³-hybridized carbons (Fsp3) is 0.455. The summed E-state index contributed by atoms with van der Waals surface area (Å²) < 4.78 is 19.4. The minimum atomic E-state index is -0.539. The van der Waals surface area contributed by atoms with Crippen molar-refractivity contribution in [3.8, 4) is 0 Å². The highest BCUT2D eigenvalue weighted by molar-refractivity contribution is 6.00. The first-order valence-electron chi connectivity index (χ1n) is 10.6. The first-order chi connectivity index (χ1) is 15.4. The van der Waals surface area contributed by atoms with Crippen LogP contribution >= 0.6 is 0 Å². The molecule has 1 aliphatic heterocycles. The maximum Gasteiger partial charge on any atom is 0.343 e. The summed E-state index contributed by atoms with van der Waals surface area (Å²) in [5.74, 6) is -0.975. The predicted octanol–water partition coefficient (Wildman–Crippen LogP) is 1.70. The van der Waals surface area contributed by atoms with Gasteiger partial charge in [0.15, 0.2) is 0 Å².